The molecule has 0 saturated carbocycles. The molecule has 3 heterocycles. The van der Waals surface area contributed by atoms with E-state index in [0.29, 0.717) is 23.8 Å². The van der Waals surface area contributed by atoms with Crippen LogP contribution in [0.25, 0.3) is 5.57 Å². The number of carbonyl (C=O) groups excluding carboxylic acids is 2. The van der Waals surface area contributed by atoms with Crippen molar-refractivity contribution in [3.05, 3.63) is 89.7 Å². The van der Waals surface area contributed by atoms with E-state index in [9.17, 15) is 9.59 Å². The van der Waals surface area contributed by atoms with Crippen molar-refractivity contribution in [1.29, 1.82) is 0 Å². The molecule has 0 fully saturated rings. The molecule has 0 aromatic carbocycles. The largest absolute Gasteiger partial charge is 0.354 e. The summed E-state index contributed by atoms with van der Waals surface area (Å²) in [6.07, 6.45) is 11.9. The average Bonchev–Trinajstić information content (AvgIpc) is 3.36. The molecule has 10 heteroatoms. The fraction of sp³-hybridized carbons (Fsp3) is 0.296. The number of aromatic nitrogens is 6. The van der Waals surface area contributed by atoms with Crippen molar-refractivity contribution in [2.24, 2.45) is 0 Å². The molecule has 0 aliphatic rings. The number of aryl methyl sites for hydroxylation is 2. The third-order valence-corrected chi connectivity index (χ3v) is 5.30. The zero-order valence-corrected chi connectivity index (χ0v) is 21.4. The Balaban J connectivity index is 1.48. The number of nitrogens with zero attached hydrogens (tertiary/aromatic N) is 6. The van der Waals surface area contributed by atoms with E-state index in [-0.39, 0.29) is 18.2 Å². The van der Waals surface area contributed by atoms with E-state index in [1.807, 2.05) is 50.3 Å². The van der Waals surface area contributed by atoms with Crippen LogP contribution in [0.5, 0.6) is 0 Å². The summed E-state index contributed by atoms with van der Waals surface area (Å²) < 4.78 is 1.65. The van der Waals surface area contributed by atoms with Gasteiger partial charge in [-0.2, -0.15) is 5.10 Å². The Morgan fingerprint density at radius 1 is 1.11 bits per heavy atom. The fourth-order valence-electron chi connectivity index (χ4n) is 3.56. The minimum Gasteiger partial charge on any atom is -0.354 e. The highest BCUT2D eigenvalue weighted by Gasteiger charge is 2.10. The first-order chi connectivity index (χ1) is 17.9. The highest BCUT2D eigenvalue weighted by Crippen LogP contribution is 2.19. The predicted molar refractivity (Wildman–Crippen MR) is 143 cm³/mol. The summed E-state index contributed by atoms with van der Waals surface area (Å²) in [5, 5.41) is 21.4. The van der Waals surface area contributed by atoms with E-state index in [1.54, 1.807) is 30.2 Å². The second kappa shape index (κ2) is 13.6. The lowest BCUT2D eigenvalue weighted by Gasteiger charge is -2.07. The van der Waals surface area contributed by atoms with Crippen LogP contribution in [0.2, 0.25) is 0 Å². The fourth-order valence-corrected chi connectivity index (χ4v) is 3.56. The summed E-state index contributed by atoms with van der Waals surface area (Å²) >= 11 is 0. The molecule has 3 aromatic rings. The molecule has 2 amide bonds. The third kappa shape index (κ3) is 8.60. The Hall–Kier alpha value is -4.47. The number of pyridine rings is 1. The van der Waals surface area contributed by atoms with E-state index in [2.05, 4.69) is 42.7 Å². The maximum atomic E-state index is 12.6. The van der Waals surface area contributed by atoms with Crippen molar-refractivity contribution < 1.29 is 9.59 Å². The molecule has 2 N–H and O–H groups in total. The number of unbranched alkanes of at least 4 members (excludes halogenated alkanes) is 1. The van der Waals surface area contributed by atoms with Crippen molar-refractivity contribution in [3.63, 3.8) is 0 Å². The first-order valence-corrected chi connectivity index (χ1v) is 12.1. The minimum atomic E-state index is -0.257. The number of carbonyl (C=O) groups is 2. The Labute approximate surface area is 216 Å². The van der Waals surface area contributed by atoms with Crippen LogP contribution in [0.4, 0.5) is 5.82 Å². The second-order valence-corrected chi connectivity index (χ2v) is 8.52. The van der Waals surface area contributed by atoms with Crippen LogP contribution in [-0.4, -0.2) is 49.0 Å². The normalized spacial score (nSPS) is 11.5. The molecule has 0 atom stereocenters. The second-order valence-electron chi connectivity index (χ2n) is 8.52. The maximum absolute atomic E-state index is 12.6. The van der Waals surface area contributed by atoms with E-state index in [0.717, 1.165) is 41.7 Å². The van der Waals surface area contributed by atoms with Gasteiger partial charge < -0.3 is 10.6 Å². The first kappa shape index (κ1) is 27.1. The van der Waals surface area contributed by atoms with E-state index in [1.165, 1.54) is 0 Å². The van der Waals surface area contributed by atoms with Crippen molar-refractivity contribution in [1.82, 2.24) is 35.5 Å². The molecule has 3 aromatic heterocycles. The summed E-state index contributed by atoms with van der Waals surface area (Å²) in [6.45, 7) is 8.50. The number of nitrogens with one attached hydrogen (secondary N) is 2. The number of allylic oxidation sites excluding steroid dienone is 5. The van der Waals surface area contributed by atoms with E-state index < -0.39 is 0 Å². The van der Waals surface area contributed by atoms with Gasteiger partial charge in [-0.15, -0.1) is 10.2 Å². The quantitative estimate of drug-likeness (QED) is 0.287. The molecule has 192 valence electrons. The number of hydrogen-bond donors (Lipinski definition) is 2. The highest BCUT2D eigenvalue weighted by atomic mass is 16.2. The van der Waals surface area contributed by atoms with Gasteiger partial charge in [0.2, 0.25) is 5.91 Å². The molecule has 37 heavy (non-hydrogen) atoms. The first-order valence-electron chi connectivity index (χ1n) is 12.1. The molecular weight excluding hydrogens is 468 g/mol. The SMILES string of the molecule is C=C(C)/C=C(\C=C/C)c1ccnc(CC(=O)Nc2ccc(CCCCn3cc(C(=O)NC)nn3)nn2)c1. The van der Waals surface area contributed by atoms with Gasteiger partial charge in [0, 0.05) is 19.8 Å². The van der Waals surface area contributed by atoms with Crippen LogP contribution >= 0.6 is 0 Å². The molecule has 0 aliphatic carbocycles. The lowest BCUT2D eigenvalue weighted by atomic mass is 10.0. The lowest BCUT2D eigenvalue weighted by Crippen LogP contribution is -2.18. The smallest absolute Gasteiger partial charge is 0.273 e. The van der Waals surface area contributed by atoms with Gasteiger partial charge in [-0.3, -0.25) is 19.3 Å². The van der Waals surface area contributed by atoms with Crippen molar-refractivity contribution >= 4 is 23.2 Å². The molecule has 0 radical (unpaired) electrons. The molecule has 10 nitrogen and oxygen atoms in total. The molecule has 0 bridgehead atoms. The third-order valence-electron chi connectivity index (χ3n) is 5.30. The van der Waals surface area contributed by atoms with Crippen LogP contribution in [0.15, 0.2) is 67.0 Å². The molecule has 0 saturated heterocycles. The lowest BCUT2D eigenvalue weighted by molar-refractivity contribution is -0.115. The van der Waals surface area contributed by atoms with Crippen LogP contribution in [0, 0.1) is 0 Å². The predicted octanol–water partition coefficient (Wildman–Crippen LogP) is 3.56. The monoisotopic (exact) mass is 500 g/mol. The number of hydrogen-bond acceptors (Lipinski definition) is 7. The Morgan fingerprint density at radius 2 is 1.95 bits per heavy atom. The number of anilines is 1. The van der Waals surface area contributed by atoms with Crippen LogP contribution in [0.1, 0.15) is 54.1 Å². The Bertz CT molecular complexity index is 1290. The standard InChI is InChI=1S/C27H32N8O2/c1-5-8-20(15-19(2)3)21-12-13-29-23(16-21)17-26(36)30-25-11-10-22(31-33-25)9-6-7-14-35-18-24(32-34-35)27(37)28-4/h5,8,10-13,15-16,18H,2,6-7,9,14,17H2,1,3-4H3,(H,28,37)(H,30,33,36)/b8-5-,20-15+. The van der Waals surface area contributed by atoms with Crippen molar-refractivity contribution in [2.45, 2.75) is 46.1 Å². The molecule has 0 spiro atoms. The molecular formula is C27H32N8O2. The zero-order chi connectivity index (χ0) is 26.6. The number of rotatable bonds is 12. The van der Waals surface area contributed by atoms with Gasteiger partial charge in [0.1, 0.15) is 0 Å². The Kier molecular flexibility index (Phi) is 9.95. The maximum Gasteiger partial charge on any atom is 0.273 e. The average molecular weight is 501 g/mol. The highest BCUT2D eigenvalue weighted by molar-refractivity contribution is 5.92. The summed E-state index contributed by atoms with van der Waals surface area (Å²) in [5.41, 5.74) is 4.71. The summed E-state index contributed by atoms with van der Waals surface area (Å²) in [5.74, 6) is -0.0778. The van der Waals surface area contributed by atoms with Crippen molar-refractivity contribution in [3.8, 4) is 0 Å². The van der Waals surface area contributed by atoms with Gasteiger partial charge >= 0.3 is 0 Å². The van der Waals surface area contributed by atoms with Gasteiger partial charge in [-0.1, -0.05) is 35.6 Å². The zero-order valence-electron chi connectivity index (χ0n) is 21.4. The Morgan fingerprint density at radius 3 is 2.65 bits per heavy atom. The van der Waals surface area contributed by atoms with Crippen LogP contribution in [0.3, 0.4) is 0 Å². The van der Waals surface area contributed by atoms with E-state index in [4.69, 9.17) is 0 Å². The van der Waals surface area contributed by atoms with Gasteiger partial charge in [0.15, 0.2) is 11.5 Å². The van der Waals surface area contributed by atoms with Gasteiger partial charge in [0.05, 0.1) is 24.0 Å². The van der Waals surface area contributed by atoms with Gasteiger partial charge in [-0.05, 0) is 68.5 Å². The van der Waals surface area contributed by atoms with Gasteiger partial charge in [-0.25, -0.2) is 0 Å². The topological polar surface area (TPSA) is 128 Å². The van der Waals surface area contributed by atoms with E-state index >= 15 is 0 Å². The summed E-state index contributed by atoms with van der Waals surface area (Å²) in [6, 6.07) is 7.42. The van der Waals surface area contributed by atoms with Crippen LogP contribution in [-0.2, 0) is 24.2 Å². The van der Waals surface area contributed by atoms with Gasteiger partial charge in [0.25, 0.3) is 5.91 Å². The molecule has 3 rings (SSSR count). The van der Waals surface area contributed by atoms with Crippen LogP contribution < -0.4 is 10.6 Å². The molecule has 0 unspecified atom stereocenters. The summed E-state index contributed by atoms with van der Waals surface area (Å²) in [4.78, 5) is 28.4. The minimum absolute atomic E-state index is 0.122. The van der Waals surface area contributed by atoms with Crippen molar-refractivity contribution in [2.75, 3.05) is 12.4 Å². The molecule has 0 aliphatic heterocycles. The summed E-state index contributed by atoms with van der Waals surface area (Å²) in [7, 11) is 1.56. The number of amides is 2.